The molecule has 1 unspecified atom stereocenters. The third-order valence-corrected chi connectivity index (χ3v) is 5.74. The molecule has 0 radical (unpaired) electrons. The lowest BCUT2D eigenvalue weighted by Gasteiger charge is -2.20. The molecule has 11 heteroatoms. The predicted octanol–water partition coefficient (Wildman–Crippen LogP) is 2.95. The Morgan fingerprint density at radius 2 is 1.72 bits per heavy atom. The average Bonchev–Trinajstić information content (AvgIpc) is 2.68. The van der Waals surface area contributed by atoms with Crippen molar-refractivity contribution < 1.29 is 36.2 Å². The van der Waals surface area contributed by atoms with Gasteiger partial charge >= 0.3 is 6.18 Å². The summed E-state index contributed by atoms with van der Waals surface area (Å²) < 4.78 is 70.4. The Kier molecular flexibility index (Phi) is 7.92. The van der Waals surface area contributed by atoms with Crippen LogP contribution in [0, 0.1) is 0 Å². The van der Waals surface area contributed by atoms with E-state index in [2.05, 4.69) is 10.0 Å². The first-order valence-corrected chi connectivity index (χ1v) is 11.1. The minimum Gasteiger partial charge on any atom is -0.491 e. The molecular formula is C21H25F3N2O5S. The van der Waals surface area contributed by atoms with Crippen molar-refractivity contribution in [2.75, 3.05) is 13.2 Å². The highest BCUT2D eigenvalue weighted by atomic mass is 32.2. The molecule has 7 nitrogen and oxygen atoms in total. The second kappa shape index (κ2) is 9.88. The van der Waals surface area contributed by atoms with Crippen LogP contribution in [0.2, 0.25) is 0 Å². The molecule has 0 aliphatic carbocycles. The lowest BCUT2D eigenvalue weighted by atomic mass is 10.1. The summed E-state index contributed by atoms with van der Waals surface area (Å²) in [5.41, 5.74) is -1.37. The van der Waals surface area contributed by atoms with E-state index in [0.717, 1.165) is 12.1 Å². The van der Waals surface area contributed by atoms with Crippen molar-refractivity contribution in [2.24, 2.45) is 0 Å². The van der Waals surface area contributed by atoms with Crippen LogP contribution >= 0.6 is 0 Å². The van der Waals surface area contributed by atoms with E-state index in [0.29, 0.717) is 0 Å². The third-order valence-electron chi connectivity index (χ3n) is 3.97. The summed E-state index contributed by atoms with van der Waals surface area (Å²) in [7, 11) is -3.74. The van der Waals surface area contributed by atoms with Crippen LogP contribution in [0.4, 0.5) is 13.2 Å². The van der Waals surface area contributed by atoms with Crippen LogP contribution in [0.15, 0.2) is 53.4 Å². The molecule has 0 heterocycles. The highest BCUT2D eigenvalue weighted by Crippen LogP contribution is 2.31. The number of aliphatic hydroxyl groups is 1. The molecule has 2 rings (SSSR count). The van der Waals surface area contributed by atoms with Crippen molar-refractivity contribution in [1.82, 2.24) is 10.0 Å². The van der Waals surface area contributed by atoms with Crippen LogP contribution in [0.25, 0.3) is 0 Å². The maximum atomic E-state index is 12.7. The number of sulfonamides is 1. The standard InChI is InChI=1S/C21H25F3N2O5S/c1-20(2,3)26-32(29,30)18-9-7-14(8-10-18)19(28)25-12-16(27)13-31-17-6-4-5-15(11-17)21(22,23)24/h4-11,16,26-27H,12-13H2,1-3H3,(H,25,28). The number of amides is 1. The van der Waals surface area contributed by atoms with Crippen LogP contribution in [0.5, 0.6) is 5.75 Å². The van der Waals surface area contributed by atoms with Gasteiger partial charge in [0.25, 0.3) is 5.91 Å². The maximum Gasteiger partial charge on any atom is 0.416 e. The Hall–Kier alpha value is -2.63. The number of halogens is 3. The van der Waals surface area contributed by atoms with Gasteiger partial charge in [0.15, 0.2) is 0 Å². The van der Waals surface area contributed by atoms with E-state index in [4.69, 9.17) is 4.74 Å². The largest absolute Gasteiger partial charge is 0.491 e. The second-order valence-corrected chi connectivity index (χ2v) is 9.76. The number of nitrogens with one attached hydrogen (secondary N) is 2. The number of rotatable bonds is 8. The van der Waals surface area contributed by atoms with E-state index in [-0.39, 0.29) is 29.4 Å². The fourth-order valence-corrected chi connectivity index (χ4v) is 3.99. The molecule has 1 atom stereocenters. The van der Waals surface area contributed by atoms with Gasteiger partial charge in [0, 0.05) is 17.6 Å². The van der Waals surface area contributed by atoms with Crippen LogP contribution in [0.3, 0.4) is 0 Å². The first kappa shape index (κ1) is 25.6. The molecule has 3 N–H and O–H groups in total. The van der Waals surface area contributed by atoms with Gasteiger partial charge < -0.3 is 15.2 Å². The molecule has 0 bridgehead atoms. The number of ether oxygens (including phenoxy) is 1. The smallest absolute Gasteiger partial charge is 0.416 e. The summed E-state index contributed by atoms with van der Waals surface area (Å²) in [6, 6.07) is 9.47. The zero-order valence-electron chi connectivity index (χ0n) is 17.7. The molecule has 0 aromatic heterocycles. The quantitative estimate of drug-likeness (QED) is 0.546. The van der Waals surface area contributed by atoms with Gasteiger partial charge in [-0.1, -0.05) is 6.07 Å². The average molecular weight is 475 g/mol. The predicted molar refractivity (Wildman–Crippen MR) is 112 cm³/mol. The second-order valence-electron chi connectivity index (χ2n) is 8.08. The van der Waals surface area contributed by atoms with Crippen molar-refractivity contribution in [3.05, 3.63) is 59.7 Å². The summed E-state index contributed by atoms with van der Waals surface area (Å²) in [5.74, 6) is -0.623. The summed E-state index contributed by atoms with van der Waals surface area (Å²) in [4.78, 5) is 12.2. The number of carbonyl (C=O) groups excluding carboxylic acids is 1. The molecule has 2 aromatic rings. The van der Waals surface area contributed by atoms with Crippen LogP contribution < -0.4 is 14.8 Å². The Morgan fingerprint density at radius 1 is 1.09 bits per heavy atom. The van der Waals surface area contributed by atoms with E-state index >= 15 is 0 Å². The van der Waals surface area contributed by atoms with Crippen molar-refractivity contribution in [3.63, 3.8) is 0 Å². The molecule has 0 spiro atoms. The van der Waals surface area contributed by atoms with Crippen molar-refractivity contribution in [1.29, 1.82) is 0 Å². The molecule has 0 aliphatic rings. The van der Waals surface area contributed by atoms with Crippen molar-refractivity contribution >= 4 is 15.9 Å². The number of benzene rings is 2. The monoisotopic (exact) mass is 474 g/mol. The van der Waals surface area contributed by atoms with Crippen LogP contribution in [0.1, 0.15) is 36.7 Å². The van der Waals surface area contributed by atoms with E-state index in [9.17, 15) is 31.5 Å². The maximum absolute atomic E-state index is 12.7. The van der Waals surface area contributed by atoms with Gasteiger partial charge in [0.05, 0.1) is 10.5 Å². The Labute approximate surface area is 184 Å². The van der Waals surface area contributed by atoms with Gasteiger partial charge in [0.2, 0.25) is 10.0 Å². The lowest BCUT2D eigenvalue weighted by Crippen LogP contribution is -2.40. The van der Waals surface area contributed by atoms with Gasteiger partial charge in [-0.25, -0.2) is 13.1 Å². The Balaban J connectivity index is 1.88. The highest BCUT2D eigenvalue weighted by molar-refractivity contribution is 7.89. The molecule has 32 heavy (non-hydrogen) atoms. The molecule has 0 fully saturated rings. The first-order chi connectivity index (χ1) is 14.7. The van der Waals surface area contributed by atoms with E-state index < -0.39 is 39.3 Å². The van der Waals surface area contributed by atoms with Gasteiger partial charge in [-0.3, -0.25) is 4.79 Å². The molecule has 0 aliphatic heterocycles. The molecule has 0 saturated carbocycles. The lowest BCUT2D eigenvalue weighted by molar-refractivity contribution is -0.137. The molecule has 2 aromatic carbocycles. The summed E-state index contributed by atoms with van der Waals surface area (Å²) >= 11 is 0. The minimum atomic E-state index is -4.51. The topological polar surface area (TPSA) is 105 Å². The first-order valence-electron chi connectivity index (χ1n) is 9.58. The minimum absolute atomic E-state index is 0.00139. The molecular weight excluding hydrogens is 449 g/mol. The Morgan fingerprint density at radius 3 is 2.28 bits per heavy atom. The highest BCUT2D eigenvalue weighted by Gasteiger charge is 2.30. The summed E-state index contributed by atoms with van der Waals surface area (Å²) in [5, 5.41) is 12.4. The van der Waals surface area contributed by atoms with Crippen LogP contribution in [-0.4, -0.2) is 44.2 Å². The number of hydrogen-bond acceptors (Lipinski definition) is 5. The van der Waals surface area contributed by atoms with Gasteiger partial charge in [0.1, 0.15) is 18.5 Å². The van der Waals surface area contributed by atoms with Crippen molar-refractivity contribution in [2.45, 2.75) is 43.5 Å². The molecule has 1 amide bonds. The molecule has 176 valence electrons. The Bertz CT molecular complexity index is 1030. The summed E-state index contributed by atoms with van der Waals surface area (Å²) in [6.45, 7) is 4.55. The zero-order chi connectivity index (χ0) is 24.2. The zero-order valence-corrected chi connectivity index (χ0v) is 18.5. The number of alkyl halides is 3. The van der Waals surface area contributed by atoms with E-state index in [1.54, 1.807) is 20.8 Å². The fourth-order valence-electron chi connectivity index (χ4n) is 2.57. The van der Waals surface area contributed by atoms with Crippen molar-refractivity contribution in [3.8, 4) is 5.75 Å². The third kappa shape index (κ3) is 7.81. The van der Waals surface area contributed by atoms with Crippen LogP contribution in [-0.2, 0) is 16.2 Å². The summed E-state index contributed by atoms with van der Waals surface area (Å²) in [6.07, 6.45) is -5.69. The number of aliphatic hydroxyl groups excluding tert-OH is 1. The number of carbonyl (C=O) groups is 1. The number of hydrogen-bond donors (Lipinski definition) is 3. The SMILES string of the molecule is CC(C)(C)NS(=O)(=O)c1ccc(C(=O)NCC(O)COc2cccc(C(F)(F)F)c2)cc1. The molecule has 0 saturated heterocycles. The van der Waals surface area contributed by atoms with E-state index in [1.165, 1.54) is 36.4 Å². The van der Waals surface area contributed by atoms with Gasteiger partial charge in [-0.2, -0.15) is 13.2 Å². The van der Waals surface area contributed by atoms with E-state index in [1.807, 2.05) is 0 Å². The normalized spacial score (nSPS) is 13.5. The van der Waals surface area contributed by atoms with Gasteiger partial charge in [-0.05, 0) is 63.2 Å². The fraction of sp³-hybridized carbons (Fsp3) is 0.381. The van der Waals surface area contributed by atoms with Gasteiger partial charge in [-0.15, -0.1) is 0 Å².